The van der Waals surface area contributed by atoms with E-state index in [1.165, 1.54) is 23.6 Å². The van der Waals surface area contributed by atoms with E-state index in [0.29, 0.717) is 12.5 Å². The number of nitrogens with one attached hydrogen (secondary N) is 2. The third kappa shape index (κ3) is 4.96. The minimum atomic E-state index is -4.49. The SMILES string of the molecule is CCNC(=NCc1cn(C)nc1C(F)(F)F)NC1CCN(c2ccccc2)C1. The minimum absolute atomic E-state index is 0.0598. The lowest BCUT2D eigenvalue weighted by Crippen LogP contribution is -2.44. The second-order valence-electron chi connectivity index (χ2n) is 6.78. The number of guanidine groups is 1. The van der Waals surface area contributed by atoms with Crippen LogP contribution in [0.1, 0.15) is 24.6 Å². The summed E-state index contributed by atoms with van der Waals surface area (Å²) in [6, 6.07) is 10.3. The predicted molar refractivity (Wildman–Crippen MR) is 103 cm³/mol. The van der Waals surface area contributed by atoms with Gasteiger partial charge in [0, 0.05) is 50.2 Å². The van der Waals surface area contributed by atoms with Gasteiger partial charge in [-0.2, -0.15) is 18.3 Å². The normalized spacial score (nSPS) is 17.8. The van der Waals surface area contributed by atoms with Gasteiger partial charge in [0.15, 0.2) is 11.7 Å². The molecule has 2 N–H and O–H groups in total. The molecule has 1 fully saturated rings. The number of aliphatic imine (C=N–C) groups is 1. The predicted octanol–water partition coefficient (Wildman–Crippen LogP) is 2.77. The highest BCUT2D eigenvalue weighted by Gasteiger charge is 2.36. The molecule has 1 unspecified atom stereocenters. The average molecular weight is 394 g/mol. The molecule has 0 aliphatic carbocycles. The Morgan fingerprint density at radius 1 is 1.29 bits per heavy atom. The van der Waals surface area contributed by atoms with Crippen LogP contribution >= 0.6 is 0 Å². The number of hydrogen-bond donors (Lipinski definition) is 2. The average Bonchev–Trinajstić information content (AvgIpc) is 3.27. The second-order valence-corrected chi connectivity index (χ2v) is 6.78. The van der Waals surface area contributed by atoms with Crippen LogP contribution in [0.2, 0.25) is 0 Å². The molecule has 0 spiro atoms. The molecule has 2 heterocycles. The maximum absolute atomic E-state index is 13.1. The zero-order chi connectivity index (χ0) is 20.1. The largest absolute Gasteiger partial charge is 0.435 e. The van der Waals surface area contributed by atoms with Gasteiger partial charge in [-0.15, -0.1) is 0 Å². The Kier molecular flexibility index (Phi) is 6.11. The maximum Gasteiger partial charge on any atom is 0.435 e. The lowest BCUT2D eigenvalue weighted by atomic mass is 10.2. The van der Waals surface area contributed by atoms with E-state index in [-0.39, 0.29) is 18.2 Å². The number of rotatable bonds is 5. The number of nitrogens with zero attached hydrogens (tertiary/aromatic N) is 4. The fourth-order valence-corrected chi connectivity index (χ4v) is 3.32. The van der Waals surface area contributed by atoms with Crippen molar-refractivity contribution in [2.45, 2.75) is 32.1 Å². The van der Waals surface area contributed by atoms with Crippen LogP contribution in [-0.2, 0) is 19.8 Å². The highest BCUT2D eigenvalue weighted by molar-refractivity contribution is 5.80. The first kappa shape index (κ1) is 20.0. The first-order valence-electron chi connectivity index (χ1n) is 9.31. The Labute approximate surface area is 162 Å². The van der Waals surface area contributed by atoms with Crippen molar-refractivity contribution >= 4 is 11.6 Å². The van der Waals surface area contributed by atoms with E-state index in [1.807, 2.05) is 25.1 Å². The Hall–Kier alpha value is -2.71. The number of benzene rings is 1. The number of aromatic nitrogens is 2. The van der Waals surface area contributed by atoms with E-state index in [9.17, 15) is 13.2 Å². The van der Waals surface area contributed by atoms with Crippen LogP contribution in [0.15, 0.2) is 41.5 Å². The quantitative estimate of drug-likeness (QED) is 0.605. The molecule has 28 heavy (non-hydrogen) atoms. The Morgan fingerprint density at radius 2 is 2.04 bits per heavy atom. The number of aryl methyl sites for hydroxylation is 1. The number of anilines is 1. The van der Waals surface area contributed by atoms with Gasteiger partial charge in [-0.1, -0.05) is 18.2 Å². The zero-order valence-corrected chi connectivity index (χ0v) is 16.0. The van der Waals surface area contributed by atoms with Crippen molar-refractivity contribution in [3.63, 3.8) is 0 Å². The standard InChI is InChI=1S/C19H25F3N6/c1-3-23-18(24-11-14-12-27(2)26-17(14)19(20,21)22)25-15-9-10-28(13-15)16-7-5-4-6-8-16/h4-8,12,15H,3,9-11,13H2,1-2H3,(H2,23,24,25). The molecular weight excluding hydrogens is 369 g/mol. The zero-order valence-electron chi connectivity index (χ0n) is 16.0. The number of halogens is 3. The van der Waals surface area contributed by atoms with Crippen LogP contribution in [-0.4, -0.2) is 41.4 Å². The minimum Gasteiger partial charge on any atom is -0.369 e. The van der Waals surface area contributed by atoms with Crippen molar-refractivity contribution < 1.29 is 13.2 Å². The van der Waals surface area contributed by atoms with Crippen LogP contribution in [0.4, 0.5) is 18.9 Å². The maximum atomic E-state index is 13.1. The lowest BCUT2D eigenvalue weighted by Gasteiger charge is -2.20. The van der Waals surface area contributed by atoms with Gasteiger partial charge in [-0.3, -0.25) is 4.68 Å². The van der Waals surface area contributed by atoms with Gasteiger partial charge in [-0.05, 0) is 25.5 Å². The van der Waals surface area contributed by atoms with Crippen molar-refractivity contribution in [2.24, 2.45) is 12.0 Å². The van der Waals surface area contributed by atoms with Crippen LogP contribution in [0.3, 0.4) is 0 Å². The van der Waals surface area contributed by atoms with E-state index >= 15 is 0 Å². The topological polar surface area (TPSA) is 57.5 Å². The first-order chi connectivity index (χ1) is 13.4. The van der Waals surface area contributed by atoms with Crippen molar-refractivity contribution in [1.29, 1.82) is 0 Å². The van der Waals surface area contributed by atoms with Crippen molar-refractivity contribution in [1.82, 2.24) is 20.4 Å². The van der Waals surface area contributed by atoms with E-state index in [0.717, 1.165) is 19.5 Å². The summed E-state index contributed by atoms with van der Waals surface area (Å²) in [6.07, 6.45) is -2.19. The summed E-state index contributed by atoms with van der Waals surface area (Å²) < 4.78 is 40.5. The summed E-state index contributed by atoms with van der Waals surface area (Å²) >= 11 is 0. The Morgan fingerprint density at radius 3 is 2.71 bits per heavy atom. The summed E-state index contributed by atoms with van der Waals surface area (Å²) in [5.74, 6) is 0.513. The third-order valence-electron chi connectivity index (χ3n) is 4.58. The van der Waals surface area contributed by atoms with Gasteiger partial charge in [0.25, 0.3) is 0 Å². The van der Waals surface area contributed by atoms with Gasteiger partial charge in [0.2, 0.25) is 0 Å². The highest BCUT2D eigenvalue weighted by atomic mass is 19.4. The van der Waals surface area contributed by atoms with E-state index in [4.69, 9.17) is 0 Å². The fourth-order valence-electron chi connectivity index (χ4n) is 3.32. The number of para-hydroxylation sites is 1. The van der Waals surface area contributed by atoms with Gasteiger partial charge in [0.05, 0.1) is 6.54 Å². The van der Waals surface area contributed by atoms with Gasteiger partial charge in [-0.25, -0.2) is 4.99 Å². The molecule has 1 aromatic heterocycles. The molecule has 0 radical (unpaired) electrons. The molecule has 2 aromatic rings. The lowest BCUT2D eigenvalue weighted by molar-refractivity contribution is -0.142. The molecule has 1 aliphatic rings. The summed E-state index contributed by atoms with van der Waals surface area (Å²) in [5, 5.41) is 9.98. The molecule has 152 valence electrons. The van der Waals surface area contributed by atoms with E-state index in [1.54, 1.807) is 0 Å². The van der Waals surface area contributed by atoms with E-state index < -0.39 is 11.9 Å². The summed E-state index contributed by atoms with van der Waals surface area (Å²) in [7, 11) is 1.47. The van der Waals surface area contributed by atoms with Crippen molar-refractivity contribution in [3.8, 4) is 0 Å². The van der Waals surface area contributed by atoms with Crippen LogP contribution < -0.4 is 15.5 Å². The van der Waals surface area contributed by atoms with Crippen molar-refractivity contribution in [2.75, 3.05) is 24.5 Å². The molecule has 0 bridgehead atoms. The highest BCUT2D eigenvalue weighted by Crippen LogP contribution is 2.30. The second kappa shape index (κ2) is 8.53. The number of alkyl halides is 3. The third-order valence-corrected chi connectivity index (χ3v) is 4.58. The molecule has 0 amide bonds. The molecule has 1 atom stereocenters. The Bertz CT molecular complexity index is 800. The molecule has 3 rings (SSSR count). The monoisotopic (exact) mass is 394 g/mol. The van der Waals surface area contributed by atoms with Gasteiger partial charge in [0.1, 0.15) is 0 Å². The van der Waals surface area contributed by atoms with E-state index in [2.05, 4.69) is 37.8 Å². The van der Waals surface area contributed by atoms with Crippen LogP contribution in [0, 0.1) is 0 Å². The molecule has 1 aliphatic heterocycles. The molecule has 9 heteroatoms. The molecular formula is C19H25F3N6. The van der Waals surface area contributed by atoms with Crippen LogP contribution in [0.5, 0.6) is 0 Å². The molecule has 1 aromatic carbocycles. The molecule has 6 nitrogen and oxygen atoms in total. The first-order valence-corrected chi connectivity index (χ1v) is 9.31. The summed E-state index contributed by atoms with van der Waals surface area (Å²) in [6.45, 7) is 4.19. The smallest absolute Gasteiger partial charge is 0.369 e. The molecule has 1 saturated heterocycles. The number of hydrogen-bond acceptors (Lipinski definition) is 3. The van der Waals surface area contributed by atoms with Crippen molar-refractivity contribution in [3.05, 3.63) is 47.8 Å². The summed E-state index contributed by atoms with van der Waals surface area (Å²) in [5.41, 5.74) is 0.342. The fraction of sp³-hybridized carbons (Fsp3) is 0.474. The van der Waals surface area contributed by atoms with Gasteiger partial charge < -0.3 is 15.5 Å². The summed E-state index contributed by atoms with van der Waals surface area (Å²) in [4.78, 5) is 6.64. The van der Waals surface area contributed by atoms with Gasteiger partial charge >= 0.3 is 6.18 Å². The molecule has 0 saturated carbocycles. The van der Waals surface area contributed by atoms with Crippen LogP contribution in [0.25, 0.3) is 0 Å². The Balaban J connectivity index is 1.66.